The van der Waals surface area contributed by atoms with Crippen molar-refractivity contribution in [1.82, 2.24) is 0 Å². The number of ether oxygens (including phenoxy) is 1. The normalized spacial score (nSPS) is 10.1. The van der Waals surface area contributed by atoms with E-state index in [4.69, 9.17) is 16.3 Å². The van der Waals surface area contributed by atoms with Gasteiger partial charge in [0.25, 0.3) is 0 Å². The standard InChI is InChI=1S/C11H12ClFO2/c1-3-15-10-5-4-9(13)11(12)8(10)6-7(2)14/h4-5H,3,6H2,1-2H3. The minimum absolute atomic E-state index is 0.0313. The SMILES string of the molecule is CCOc1ccc(F)c(Cl)c1CC(C)=O. The molecule has 15 heavy (non-hydrogen) atoms. The van der Waals surface area contributed by atoms with Crippen molar-refractivity contribution in [1.29, 1.82) is 0 Å². The number of hydrogen-bond donors (Lipinski definition) is 0. The van der Waals surface area contributed by atoms with E-state index in [2.05, 4.69) is 0 Å². The van der Waals surface area contributed by atoms with E-state index in [1.165, 1.54) is 19.1 Å². The first-order valence-electron chi connectivity index (χ1n) is 4.65. The average molecular weight is 231 g/mol. The molecule has 0 unspecified atom stereocenters. The van der Waals surface area contributed by atoms with Crippen molar-refractivity contribution in [2.45, 2.75) is 20.3 Å². The summed E-state index contributed by atoms with van der Waals surface area (Å²) >= 11 is 5.77. The lowest BCUT2D eigenvalue weighted by Crippen LogP contribution is -2.03. The molecule has 0 spiro atoms. The van der Waals surface area contributed by atoms with Crippen LogP contribution in [0.3, 0.4) is 0 Å². The first-order chi connectivity index (χ1) is 7.06. The molecule has 0 amide bonds. The second kappa shape index (κ2) is 5.12. The number of carbonyl (C=O) groups excluding carboxylic acids is 1. The molecule has 1 aromatic carbocycles. The van der Waals surface area contributed by atoms with Gasteiger partial charge in [0.05, 0.1) is 11.6 Å². The highest BCUT2D eigenvalue weighted by atomic mass is 35.5. The summed E-state index contributed by atoms with van der Waals surface area (Å²) < 4.78 is 18.4. The van der Waals surface area contributed by atoms with Gasteiger partial charge in [-0.3, -0.25) is 4.79 Å². The monoisotopic (exact) mass is 230 g/mol. The van der Waals surface area contributed by atoms with E-state index in [0.29, 0.717) is 17.9 Å². The number of benzene rings is 1. The topological polar surface area (TPSA) is 26.3 Å². The van der Waals surface area contributed by atoms with Crippen LogP contribution in [-0.2, 0) is 11.2 Å². The Morgan fingerprint density at radius 3 is 2.73 bits per heavy atom. The van der Waals surface area contributed by atoms with Gasteiger partial charge < -0.3 is 4.74 Å². The lowest BCUT2D eigenvalue weighted by Gasteiger charge is -2.11. The van der Waals surface area contributed by atoms with Gasteiger partial charge in [-0.2, -0.15) is 0 Å². The summed E-state index contributed by atoms with van der Waals surface area (Å²) in [6.07, 6.45) is 0.0892. The number of Topliss-reactive ketones (excluding diaryl/α,β-unsaturated/α-hetero) is 1. The summed E-state index contributed by atoms with van der Waals surface area (Å²) in [5, 5.41) is -0.0313. The number of carbonyl (C=O) groups is 1. The van der Waals surface area contributed by atoms with E-state index in [-0.39, 0.29) is 17.2 Å². The molecule has 0 heterocycles. The number of halogens is 2. The van der Waals surface area contributed by atoms with E-state index in [1.54, 1.807) is 0 Å². The van der Waals surface area contributed by atoms with Gasteiger partial charge >= 0.3 is 0 Å². The van der Waals surface area contributed by atoms with Gasteiger partial charge in [-0.15, -0.1) is 0 Å². The number of hydrogen-bond acceptors (Lipinski definition) is 2. The molecule has 0 saturated carbocycles. The zero-order valence-corrected chi connectivity index (χ0v) is 9.40. The average Bonchev–Trinajstić information content (AvgIpc) is 2.17. The lowest BCUT2D eigenvalue weighted by molar-refractivity contribution is -0.116. The van der Waals surface area contributed by atoms with E-state index < -0.39 is 5.82 Å². The molecule has 0 bridgehead atoms. The second-order valence-electron chi connectivity index (χ2n) is 3.15. The maximum Gasteiger partial charge on any atom is 0.142 e. The van der Waals surface area contributed by atoms with E-state index in [0.717, 1.165) is 0 Å². The van der Waals surface area contributed by atoms with Crippen LogP contribution in [0.15, 0.2) is 12.1 Å². The van der Waals surface area contributed by atoms with Crippen LogP contribution in [0.1, 0.15) is 19.4 Å². The molecule has 0 N–H and O–H groups in total. The Labute approximate surface area is 93.0 Å². The van der Waals surface area contributed by atoms with Gasteiger partial charge in [0, 0.05) is 12.0 Å². The highest BCUT2D eigenvalue weighted by molar-refractivity contribution is 6.31. The minimum Gasteiger partial charge on any atom is -0.494 e. The second-order valence-corrected chi connectivity index (χ2v) is 3.53. The van der Waals surface area contributed by atoms with Crippen molar-refractivity contribution in [3.8, 4) is 5.75 Å². The summed E-state index contributed by atoms with van der Waals surface area (Å²) in [6, 6.07) is 2.72. The molecule has 4 heteroatoms. The largest absolute Gasteiger partial charge is 0.494 e. The van der Waals surface area contributed by atoms with Crippen LogP contribution < -0.4 is 4.74 Å². The van der Waals surface area contributed by atoms with Crippen molar-refractivity contribution >= 4 is 17.4 Å². The Kier molecular flexibility index (Phi) is 4.09. The summed E-state index contributed by atoms with van der Waals surface area (Å²) in [5.41, 5.74) is 0.422. The predicted octanol–water partition coefficient (Wildman–Crippen LogP) is 3.01. The molecule has 0 aliphatic rings. The molecule has 0 aliphatic carbocycles. The Morgan fingerprint density at radius 2 is 2.20 bits per heavy atom. The molecular formula is C11H12ClFO2. The third kappa shape index (κ3) is 2.93. The highest BCUT2D eigenvalue weighted by Gasteiger charge is 2.14. The minimum atomic E-state index is -0.531. The third-order valence-corrected chi connectivity index (χ3v) is 2.29. The van der Waals surface area contributed by atoms with Gasteiger partial charge in [-0.25, -0.2) is 4.39 Å². The fourth-order valence-electron chi connectivity index (χ4n) is 1.28. The number of rotatable bonds is 4. The van der Waals surface area contributed by atoms with E-state index in [9.17, 15) is 9.18 Å². The van der Waals surface area contributed by atoms with Gasteiger partial charge in [0.1, 0.15) is 17.3 Å². The molecule has 0 aliphatic heterocycles. The molecule has 0 aromatic heterocycles. The first-order valence-corrected chi connectivity index (χ1v) is 5.03. The predicted molar refractivity (Wildman–Crippen MR) is 57.0 cm³/mol. The molecule has 82 valence electrons. The van der Waals surface area contributed by atoms with Gasteiger partial charge in [-0.1, -0.05) is 11.6 Å². The van der Waals surface area contributed by atoms with Gasteiger partial charge in [-0.05, 0) is 26.0 Å². The summed E-state index contributed by atoms with van der Waals surface area (Å²) in [7, 11) is 0. The van der Waals surface area contributed by atoms with Crippen LogP contribution in [0, 0.1) is 5.82 Å². The van der Waals surface area contributed by atoms with Crippen molar-refractivity contribution in [2.24, 2.45) is 0 Å². The summed E-state index contributed by atoms with van der Waals surface area (Å²) in [6.45, 7) is 3.69. The van der Waals surface area contributed by atoms with Gasteiger partial charge in [0.15, 0.2) is 0 Å². The molecule has 0 saturated heterocycles. The van der Waals surface area contributed by atoms with Crippen LogP contribution in [-0.4, -0.2) is 12.4 Å². The first kappa shape index (κ1) is 12.0. The molecule has 0 atom stereocenters. The molecule has 0 fully saturated rings. The maximum atomic E-state index is 13.2. The summed E-state index contributed by atoms with van der Waals surface area (Å²) in [5.74, 6) is -0.140. The molecule has 2 nitrogen and oxygen atoms in total. The Morgan fingerprint density at radius 1 is 1.53 bits per heavy atom. The smallest absolute Gasteiger partial charge is 0.142 e. The van der Waals surface area contributed by atoms with Crippen molar-refractivity contribution in [3.63, 3.8) is 0 Å². The van der Waals surface area contributed by atoms with Crippen LogP contribution in [0.4, 0.5) is 4.39 Å². The van der Waals surface area contributed by atoms with E-state index >= 15 is 0 Å². The Hall–Kier alpha value is -1.09. The van der Waals surface area contributed by atoms with Crippen molar-refractivity contribution in [2.75, 3.05) is 6.61 Å². The summed E-state index contributed by atoms with van der Waals surface area (Å²) in [4.78, 5) is 11.0. The van der Waals surface area contributed by atoms with Crippen molar-refractivity contribution in [3.05, 3.63) is 28.5 Å². The van der Waals surface area contributed by atoms with E-state index in [1.807, 2.05) is 6.92 Å². The van der Waals surface area contributed by atoms with Gasteiger partial charge in [0.2, 0.25) is 0 Å². The number of ketones is 1. The molecular weight excluding hydrogens is 219 g/mol. The van der Waals surface area contributed by atoms with Crippen molar-refractivity contribution < 1.29 is 13.9 Å². The highest BCUT2D eigenvalue weighted by Crippen LogP contribution is 2.29. The third-order valence-electron chi connectivity index (χ3n) is 1.88. The maximum absolute atomic E-state index is 13.2. The lowest BCUT2D eigenvalue weighted by atomic mass is 10.1. The fourth-order valence-corrected chi connectivity index (χ4v) is 1.50. The molecule has 1 rings (SSSR count). The molecule has 1 aromatic rings. The van der Waals surface area contributed by atoms with Crippen LogP contribution in [0.2, 0.25) is 5.02 Å². The van der Waals surface area contributed by atoms with Crippen LogP contribution in [0.25, 0.3) is 0 Å². The zero-order valence-electron chi connectivity index (χ0n) is 8.64. The molecule has 0 radical (unpaired) electrons. The quantitative estimate of drug-likeness (QED) is 0.795. The Balaban J connectivity index is 3.15. The fraction of sp³-hybridized carbons (Fsp3) is 0.364. The Bertz CT molecular complexity index is 377. The van der Waals surface area contributed by atoms with Crippen LogP contribution in [0.5, 0.6) is 5.75 Å². The zero-order chi connectivity index (χ0) is 11.4. The van der Waals surface area contributed by atoms with Crippen LogP contribution >= 0.6 is 11.6 Å².